The number of hydrogen-bond donors (Lipinski definition) is 10. The molecule has 0 aliphatic carbocycles. The van der Waals surface area contributed by atoms with Gasteiger partial charge in [-0.25, -0.2) is 9.97 Å². The van der Waals surface area contributed by atoms with Crippen LogP contribution in [0.25, 0.3) is 90.9 Å². The molecule has 0 spiro atoms. The number of hydrogen-bond acceptors (Lipinski definition) is 10. The molecule has 0 saturated carbocycles. The molecule has 8 bridgehead atoms. The van der Waals surface area contributed by atoms with E-state index >= 15 is 0 Å². The van der Waals surface area contributed by atoms with E-state index in [1.54, 1.807) is 0 Å². The van der Waals surface area contributed by atoms with Crippen LogP contribution >= 0.6 is 0 Å². The molecule has 4 aromatic carbocycles. The second kappa shape index (κ2) is 24.5. The van der Waals surface area contributed by atoms with Crippen LogP contribution in [-0.2, 0) is 19.2 Å². The number of carbonyl (C=O) groups is 4. The number of nitrogens with two attached hydrogens (primary N) is 4. The maximum absolute atomic E-state index is 12.7. The van der Waals surface area contributed by atoms with Crippen molar-refractivity contribution in [2.75, 3.05) is 47.4 Å². The Labute approximate surface area is 440 Å². The van der Waals surface area contributed by atoms with E-state index in [1.807, 2.05) is 146 Å². The second-order valence-corrected chi connectivity index (χ2v) is 18.6. The molecule has 0 atom stereocenters. The highest BCUT2D eigenvalue weighted by atomic mass is 16.2. The number of amides is 4. The molecule has 14 N–H and O–H groups in total. The van der Waals surface area contributed by atoms with Crippen LogP contribution in [0.1, 0.15) is 74.1 Å². The number of rotatable bonds is 20. The van der Waals surface area contributed by atoms with Gasteiger partial charge in [0.15, 0.2) is 0 Å². The summed E-state index contributed by atoms with van der Waals surface area (Å²) < 4.78 is 0. The van der Waals surface area contributed by atoms with E-state index in [9.17, 15) is 19.2 Å². The van der Waals surface area contributed by atoms with Crippen LogP contribution in [0.5, 0.6) is 0 Å². The van der Waals surface area contributed by atoms with Crippen molar-refractivity contribution in [3.05, 3.63) is 144 Å². The van der Waals surface area contributed by atoms with Crippen LogP contribution in [0.15, 0.2) is 121 Å². The molecular weight excluding hydrogens is 953 g/mol. The third kappa shape index (κ3) is 12.4. The predicted molar refractivity (Wildman–Crippen MR) is 308 cm³/mol. The van der Waals surface area contributed by atoms with Gasteiger partial charge in [-0.2, -0.15) is 0 Å². The molecule has 76 heavy (non-hydrogen) atoms. The molecule has 16 heteroatoms. The lowest BCUT2D eigenvalue weighted by Crippen LogP contribution is -2.13. The van der Waals surface area contributed by atoms with Crippen LogP contribution in [0.2, 0.25) is 0 Å². The minimum Gasteiger partial charge on any atom is -0.354 e. The third-order valence-corrected chi connectivity index (χ3v) is 13.0. The quantitative estimate of drug-likeness (QED) is 0.0345. The fourth-order valence-corrected chi connectivity index (χ4v) is 9.25. The number of aromatic nitrogens is 4. The Balaban J connectivity index is 1.29. The van der Waals surface area contributed by atoms with Gasteiger partial charge in [0.1, 0.15) is 0 Å². The average molecular weight is 1020 g/mol. The maximum Gasteiger partial charge on any atom is 0.224 e. The van der Waals surface area contributed by atoms with Gasteiger partial charge in [0.25, 0.3) is 0 Å². The summed E-state index contributed by atoms with van der Waals surface area (Å²) in [7, 11) is 0. The van der Waals surface area contributed by atoms with Crippen LogP contribution in [0.3, 0.4) is 0 Å². The Bertz CT molecular complexity index is 3030. The van der Waals surface area contributed by atoms with E-state index in [1.165, 1.54) is 0 Å². The Morgan fingerprint density at radius 2 is 0.539 bits per heavy atom. The fraction of sp³-hybridized carbons (Fsp3) is 0.200. The Morgan fingerprint density at radius 3 is 0.737 bits per heavy atom. The molecule has 3 aromatic heterocycles. The van der Waals surface area contributed by atoms with E-state index in [0.29, 0.717) is 123 Å². The number of nitrogens with zero attached hydrogens (tertiary/aromatic N) is 2. The number of benzene rings is 4. The molecule has 5 heterocycles. The first-order valence-electron chi connectivity index (χ1n) is 25.7. The van der Waals surface area contributed by atoms with Gasteiger partial charge in [-0.3, -0.25) is 19.2 Å². The van der Waals surface area contributed by atoms with Gasteiger partial charge in [-0.1, -0.05) is 48.5 Å². The van der Waals surface area contributed by atoms with Gasteiger partial charge in [0, 0.05) is 92.8 Å². The SMILES string of the molecule is NCCCC(=O)Nc1ccc(-c2c3nc(c(-c4ccc(NC(=O)CCCN)cc4)c4ccc([nH]4)c(-c4ccc(NC(=O)CCCN)cc4)c4nc(c(-c5ccc(NC(=O)CCCN)cc5)c5ccc2[nH]5)C=C4)C=C3)cc1. The molecule has 2 aliphatic heterocycles. The van der Waals surface area contributed by atoms with Crippen molar-refractivity contribution >= 4 is 92.7 Å². The van der Waals surface area contributed by atoms with Crippen LogP contribution in [0.4, 0.5) is 22.7 Å². The predicted octanol–water partition coefficient (Wildman–Crippen LogP) is 10.0. The van der Waals surface area contributed by atoms with Crippen LogP contribution < -0.4 is 44.2 Å². The minimum absolute atomic E-state index is 0.110. The fourth-order valence-electron chi connectivity index (χ4n) is 9.25. The average Bonchev–Trinajstić information content (AvgIpc) is 4.32. The molecule has 386 valence electrons. The summed E-state index contributed by atoms with van der Waals surface area (Å²) in [5.41, 5.74) is 37.9. The first kappa shape index (κ1) is 52.1. The van der Waals surface area contributed by atoms with Crippen LogP contribution in [0, 0.1) is 0 Å². The number of anilines is 4. The Morgan fingerprint density at radius 1 is 0.329 bits per heavy atom. The van der Waals surface area contributed by atoms with Crippen molar-refractivity contribution in [1.82, 2.24) is 19.9 Å². The zero-order valence-corrected chi connectivity index (χ0v) is 42.2. The Kier molecular flexibility index (Phi) is 16.8. The second-order valence-electron chi connectivity index (χ2n) is 18.6. The van der Waals surface area contributed by atoms with Gasteiger partial charge < -0.3 is 54.2 Å². The number of H-pyrrole nitrogens is 2. The summed E-state index contributed by atoms with van der Waals surface area (Å²) in [5, 5.41) is 12.0. The molecule has 2 aliphatic rings. The number of nitrogens with one attached hydrogen (secondary N) is 6. The lowest BCUT2D eigenvalue weighted by Gasteiger charge is -2.10. The maximum atomic E-state index is 12.7. The molecule has 0 saturated heterocycles. The van der Waals surface area contributed by atoms with Gasteiger partial charge in [0.05, 0.1) is 22.8 Å². The first-order chi connectivity index (χ1) is 37.1. The highest BCUT2D eigenvalue weighted by molar-refractivity contribution is 6.01. The molecule has 0 radical (unpaired) electrons. The number of carbonyl (C=O) groups excluding carboxylic acids is 4. The summed E-state index contributed by atoms with van der Waals surface area (Å²) in [6, 6.07) is 39.0. The number of fused-ring (bicyclic) bond motifs is 8. The van der Waals surface area contributed by atoms with E-state index in [-0.39, 0.29) is 23.6 Å². The monoisotopic (exact) mass is 1010 g/mol. The largest absolute Gasteiger partial charge is 0.354 e. The summed E-state index contributed by atoms with van der Waals surface area (Å²) >= 11 is 0. The summed E-state index contributed by atoms with van der Waals surface area (Å²) in [6.45, 7) is 1.71. The van der Waals surface area contributed by atoms with Gasteiger partial charge >= 0.3 is 0 Å². The van der Waals surface area contributed by atoms with E-state index in [4.69, 9.17) is 32.9 Å². The van der Waals surface area contributed by atoms with E-state index in [2.05, 4.69) is 31.2 Å². The molecule has 7 aromatic rings. The van der Waals surface area contributed by atoms with Crippen LogP contribution in [-0.4, -0.2) is 69.7 Å². The van der Waals surface area contributed by atoms with Crippen molar-refractivity contribution in [3.8, 4) is 44.5 Å². The summed E-state index contributed by atoms with van der Waals surface area (Å²) in [6.07, 6.45) is 11.7. The molecule has 4 amide bonds. The smallest absolute Gasteiger partial charge is 0.224 e. The zero-order valence-electron chi connectivity index (χ0n) is 42.2. The molecular formula is C60H62N12O4. The van der Waals surface area contributed by atoms with E-state index < -0.39 is 0 Å². The minimum atomic E-state index is -0.110. The van der Waals surface area contributed by atoms with Gasteiger partial charge in [-0.05, 0) is 171 Å². The van der Waals surface area contributed by atoms with Crippen molar-refractivity contribution in [3.63, 3.8) is 0 Å². The number of aromatic amines is 2. The van der Waals surface area contributed by atoms with Gasteiger partial charge in [-0.15, -0.1) is 0 Å². The first-order valence-corrected chi connectivity index (χ1v) is 25.7. The Hall–Kier alpha value is -8.80. The van der Waals surface area contributed by atoms with Crippen molar-refractivity contribution < 1.29 is 19.2 Å². The summed E-state index contributed by atoms with van der Waals surface area (Å²) in [5.74, 6) is -0.440. The third-order valence-electron chi connectivity index (χ3n) is 13.0. The molecule has 0 unspecified atom stereocenters. The molecule has 0 fully saturated rings. The van der Waals surface area contributed by atoms with Crippen molar-refractivity contribution in [2.24, 2.45) is 22.9 Å². The van der Waals surface area contributed by atoms with Crippen molar-refractivity contribution in [1.29, 1.82) is 0 Å². The van der Waals surface area contributed by atoms with Crippen molar-refractivity contribution in [2.45, 2.75) is 51.4 Å². The standard InChI is InChI=1S/C60H62N12O4/c61-33-1-5-53(73)65-41-17-9-37(10-18-41)57-45-25-27-47(69-45)58(38-11-19-42(20-12-38)66-54(74)6-2-34-62)49-29-31-51(71-49)60(40-15-23-44(24-16-40)68-56(76)8-4-36-64)52-32-30-50(72-52)59(48-28-26-46(57)70-48)39-13-21-43(22-14-39)67-55(75)7-3-35-63/h9-32,69,72H,1-8,33-36,61-64H2,(H,65,73)(H,66,74)(H,67,75)(H,68,76). The molecule has 16 nitrogen and oxygen atoms in total. The van der Waals surface area contributed by atoms with E-state index in [0.717, 1.165) is 66.6 Å². The molecule has 9 rings (SSSR count). The zero-order chi connectivity index (χ0) is 53.0. The lowest BCUT2D eigenvalue weighted by atomic mass is 10.0. The lowest BCUT2D eigenvalue weighted by molar-refractivity contribution is -0.117. The topological polar surface area (TPSA) is 278 Å². The normalized spacial score (nSPS) is 11.6. The summed E-state index contributed by atoms with van der Waals surface area (Å²) in [4.78, 5) is 69.3. The highest BCUT2D eigenvalue weighted by Gasteiger charge is 2.20. The highest BCUT2D eigenvalue weighted by Crippen LogP contribution is 2.39. The van der Waals surface area contributed by atoms with Gasteiger partial charge in [0.2, 0.25) is 23.6 Å².